The van der Waals surface area contributed by atoms with Crippen molar-refractivity contribution < 1.29 is 23.1 Å². The van der Waals surface area contributed by atoms with E-state index in [-0.39, 0.29) is 29.7 Å². The lowest BCUT2D eigenvalue weighted by molar-refractivity contribution is -0.131. The molecule has 4 rings (SSSR count). The number of rotatable bonds is 7. The Morgan fingerprint density at radius 3 is 2.50 bits per heavy atom. The molecular formula is C27H28F2N4O3. The molecule has 2 amide bonds. The predicted molar refractivity (Wildman–Crippen MR) is 130 cm³/mol. The molecule has 1 fully saturated rings. The number of amides is 2. The van der Waals surface area contributed by atoms with Gasteiger partial charge in [0.05, 0.1) is 24.8 Å². The molecule has 0 atom stereocenters. The van der Waals surface area contributed by atoms with Gasteiger partial charge < -0.3 is 15.0 Å². The van der Waals surface area contributed by atoms with E-state index >= 15 is 0 Å². The van der Waals surface area contributed by atoms with Gasteiger partial charge in [0.2, 0.25) is 5.91 Å². The topological polar surface area (TPSA) is 84.4 Å². The van der Waals surface area contributed by atoms with Crippen molar-refractivity contribution >= 4 is 11.8 Å². The predicted octanol–water partition coefficient (Wildman–Crippen LogP) is 3.95. The zero-order chi connectivity index (χ0) is 25.7. The van der Waals surface area contributed by atoms with Crippen LogP contribution in [0, 0.1) is 18.6 Å². The Kier molecular flexibility index (Phi) is 7.87. The minimum atomic E-state index is -0.723. The van der Waals surface area contributed by atoms with E-state index in [1.807, 2.05) is 24.3 Å². The number of carbonyl (C=O) groups excluding carboxylic acids is 2. The van der Waals surface area contributed by atoms with Crippen LogP contribution >= 0.6 is 0 Å². The molecule has 0 bridgehead atoms. The molecule has 2 aromatic carbocycles. The van der Waals surface area contributed by atoms with Crippen LogP contribution in [0.5, 0.6) is 5.75 Å². The lowest BCUT2D eigenvalue weighted by Gasteiger charge is -2.32. The van der Waals surface area contributed by atoms with Crippen LogP contribution in [0.25, 0.3) is 0 Å². The van der Waals surface area contributed by atoms with Crippen LogP contribution in [0.2, 0.25) is 0 Å². The summed E-state index contributed by atoms with van der Waals surface area (Å²) in [6.45, 7) is 2.91. The lowest BCUT2D eigenvalue weighted by atomic mass is 9.90. The maximum absolute atomic E-state index is 14.0. The molecular weight excluding hydrogens is 466 g/mol. The SMILES string of the molecule is COc1cccc(CNC(=O)c2cnc(C)nc2C2CCN(C(=O)Cc3c(F)cccc3F)CC2)c1. The molecule has 0 aliphatic carbocycles. The Hall–Kier alpha value is -3.88. The first-order valence-electron chi connectivity index (χ1n) is 11.8. The summed E-state index contributed by atoms with van der Waals surface area (Å²) in [6, 6.07) is 11.0. The highest BCUT2D eigenvalue weighted by atomic mass is 19.1. The number of likely N-dealkylation sites (tertiary alicyclic amines) is 1. The molecule has 7 nitrogen and oxygen atoms in total. The van der Waals surface area contributed by atoms with Gasteiger partial charge >= 0.3 is 0 Å². The molecule has 188 valence electrons. The van der Waals surface area contributed by atoms with E-state index in [1.165, 1.54) is 12.3 Å². The molecule has 0 radical (unpaired) electrons. The van der Waals surface area contributed by atoms with Crippen molar-refractivity contribution in [1.29, 1.82) is 0 Å². The highest BCUT2D eigenvalue weighted by molar-refractivity contribution is 5.95. The maximum Gasteiger partial charge on any atom is 0.254 e. The number of nitrogens with zero attached hydrogens (tertiary/aromatic N) is 3. The molecule has 3 aromatic rings. The van der Waals surface area contributed by atoms with Gasteiger partial charge in [0, 0.05) is 37.3 Å². The molecule has 0 unspecified atom stereocenters. The second-order valence-corrected chi connectivity index (χ2v) is 8.78. The van der Waals surface area contributed by atoms with Gasteiger partial charge in [-0.3, -0.25) is 9.59 Å². The van der Waals surface area contributed by atoms with E-state index in [2.05, 4.69) is 15.3 Å². The standard InChI is InChI=1S/C27H28F2N4O3/c1-17-30-16-22(27(35)31-15-18-5-3-6-20(13-18)36-2)26(32-17)19-9-11-33(12-10-19)25(34)14-21-23(28)7-4-8-24(21)29/h3-8,13,16,19H,9-12,14-15H2,1-2H3,(H,31,35). The normalized spacial score (nSPS) is 13.9. The molecule has 9 heteroatoms. The highest BCUT2D eigenvalue weighted by Gasteiger charge is 2.29. The van der Waals surface area contributed by atoms with E-state index in [9.17, 15) is 18.4 Å². The van der Waals surface area contributed by atoms with Crippen molar-refractivity contribution in [2.24, 2.45) is 0 Å². The molecule has 0 saturated carbocycles. The number of hydrogen-bond acceptors (Lipinski definition) is 5. The molecule has 1 N–H and O–H groups in total. The minimum absolute atomic E-state index is 0.0430. The first-order chi connectivity index (χ1) is 17.4. The summed E-state index contributed by atoms with van der Waals surface area (Å²) in [5.74, 6) is -0.825. The average molecular weight is 495 g/mol. The second kappa shape index (κ2) is 11.2. The highest BCUT2D eigenvalue weighted by Crippen LogP contribution is 2.29. The van der Waals surface area contributed by atoms with Crippen LogP contribution in [0.1, 0.15) is 51.8 Å². The van der Waals surface area contributed by atoms with Gasteiger partial charge in [-0.1, -0.05) is 18.2 Å². The molecule has 2 heterocycles. The van der Waals surface area contributed by atoms with Crippen molar-refractivity contribution in [2.45, 2.75) is 38.6 Å². The van der Waals surface area contributed by atoms with Gasteiger partial charge in [-0.25, -0.2) is 18.7 Å². The Bertz CT molecular complexity index is 1240. The zero-order valence-electron chi connectivity index (χ0n) is 20.3. The smallest absolute Gasteiger partial charge is 0.254 e. The summed E-state index contributed by atoms with van der Waals surface area (Å²) >= 11 is 0. The molecule has 1 aliphatic rings. The minimum Gasteiger partial charge on any atom is -0.497 e. The number of carbonyl (C=O) groups is 2. The first-order valence-corrected chi connectivity index (χ1v) is 11.8. The van der Waals surface area contributed by atoms with Crippen LogP contribution in [0.15, 0.2) is 48.7 Å². The third kappa shape index (κ3) is 5.84. The first kappa shape index (κ1) is 25.2. The summed E-state index contributed by atoms with van der Waals surface area (Å²) in [5, 5.41) is 2.92. The fourth-order valence-electron chi connectivity index (χ4n) is 4.40. The third-order valence-corrected chi connectivity index (χ3v) is 6.39. The number of aromatic nitrogens is 2. The quantitative estimate of drug-likeness (QED) is 0.538. The Balaban J connectivity index is 1.41. The number of aryl methyl sites for hydroxylation is 1. The van der Waals surface area contributed by atoms with E-state index in [4.69, 9.17) is 4.74 Å². The van der Waals surface area contributed by atoms with Crippen LogP contribution in [0.4, 0.5) is 8.78 Å². The van der Waals surface area contributed by atoms with Crippen molar-refractivity contribution in [1.82, 2.24) is 20.2 Å². The zero-order valence-corrected chi connectivity index (χ0v) is 20.3. The molecule has 1 aromatic heterocycles. The van der Waals surface area contributed by atoms with Crippen LogP contribution < -0.4 is 10.1 Å². The molecule has 36 heavy (non-hydrogen) atoms. The fourth-order valence-corrected chi connectivity index (χ4v) is 4.40. The van der Waals surface area contributed by atoms with Gasteiger partial charge in [-0.15, -0.1) is 0 Å². The lowest BCUT2D eigenvalue weighted by Crippen LogP contribution is -2.39. The fraction of sp³-hybridized carbons (Fsp3) is 0.333. The van der Waals surface area contributed by atoms with E-state index in [0.717, 1.165) is 17.7 Å². The van der Waals surface area contributed by atoms with E-state index in [0.29, 0.717) is 55.3 Å². The number of benzene rings is 2. The van der Waals surface area contributed by atoms with Crippen molar-refractivity contribution in [2.75, 3.05) is 20.2 Å². The number of ether oxygens (including phenoxy) is 1. The average Bonchev–Trinajstić information content (AvgIpc) is 2.89. The second-order valence-electron chi connectivity index (χ2n) is 8.78. The largest absolute Gasteiger partial charge is 0.497 e. The Labute approximate surface area is 208 Å². The van der Waals surface area contributed by atoms with Gasteiger partial charge in [-0.2, -0.15) is 0 Å². The number of piperidine rings is 1. The Morgan fingerprint density at radius 1 is 1.11 bits per heavy atom. The van der Waals surface area contributed by atoms with Crippen molar-refractivity contribution in [3.8, 4) is 5.75 Å². The number of halogens is 2. The van der Waals surface area contributed by atoms with Gasteiger partial charge in [0.15, 0.2) is 0 Å². The summed E-state index contributed by atoms with van der Waals surface area (Å²) in [6.07, 6.45) is 2.38. The monoisotopic (exact) mass is 494 g/mol. The molecule has 0 spiro atoms. The summed E-state index contributed by atoms with van der Waals surface area (Å²) in [7, 11) is 1.59. The number of hydrogen-bond donors (Lipinski definition) is 1. The molecule has 1 aliphatic heterocycles. The van der Waals surface area contributed by atoms with Crippen LogP contribution in [-0.2, 0) is 17.8 Å². The van der Waals surface area contributed by atoms with Gasteiger partial charge in [0.25, 0.3) is 5.91 Å². The summed E-state index contributed by atoms with van der Waals surface area (Å²) in [5.41, 5.74) is 1.74. The summed E-state index contributed by atoms with van der Waals surface area (Å²) in [4.78, 5) is 36.1. The van der Waals surface area contributed by atoms with Crippen LogP contribution in [0.3, 0.4) is 0 Å². The van der Waals surface area contributed by atoms with Crippen molar-refractivity contribution in [3.05, 3.63) is 88.5 Å². The molecule has 1 saturated heterocycles. The maximum atomic E-state index is 14.0. The van der Waals surface area contributed by atoms with Crippen molar-refractivity contribution in [3.63, 3.8) is 0 Å². The summed E-state index contributed by atoms with van der Waals surface area (Å²) < 4.78 is 33.1. The Morgan fingerprint density at radius 2 is 1.81 bits per heavy atom. The van der Waals surface area contributed by atoms with Gasteiger partial charge in [-0.05, 0) is 49.6 Å². The third-order valence-electron chi connectivity index (χ3n) is 6.39. The number of nitrogens with one attached hydrogen (secondary N) is 1. The van der Waals surface area contributed by atoms with E-state index < -0.39 is 11.6 Å². The van der Waals surface area contributed by atoms with E-state index in [1.54, 1.807) is 18.9 Å². The number of methoxy groups -OCH3 is 1. The van der Waals surface area contributed by atoms with Crippen LogP contribution in [-0.4, -0.2) is 46.9 Å². The van der Waals surface area contributed by atoms with Gasteiger partial charge in [0.1, 0.15) is 23.2 Å².